The first-order valence-corrected chi connectivity index (χ1v) is 7.90. The summed E-state index contributed by atoms with van der Waals surface area (Å²) in [6.45, 7) is 4.56. The summed E-state index contributed by atoms with van der Waals surface area (Å²) in [5, 5.41) is 0. The van der Waals surface area contributed by atoms with Crippen molar-refractivity contribution in [1.82, 2.24) is 8.75 Å². The maximum atomic E-state index is 13.2. The highest BCUT2D eigenvalue weighted by atomic mass is 32.1. The molecule has 2 aromatic rings. The molecule has 0 atom stereocenters. The Morgan fingerprint density at radius 1 is 1.33 bits per heavy atom. The molecule has 0 aliphatic carbocycles. The molecule has 3 rings (SSSR count). The van der Waals surface area contributed by atoms with E-state index in [4.69, 9.17) is 4.74 Å². The molecule has 1 fully saturated rings. The van der Waals surface area contributed by atoms with Gasteiger partial charge in [0.15, 0.2) is 0 Å². The third-order valence-corrected chi connectivity index (χ3v) is 4.29. The normalized spacial score (nSPS) is 16.2. The second-order valence-electron chi connectivity index (χ2n) is 5.48. The Hall–Kier alpha value is -1.69. The van der Waals surface area contributed by atoms with Crippen LogP contribution in [0.5, 0.6) is 5.88 Å². The van der Waals surface area contributed by atoms with Gasteiger partial charge < -0.3 is 9.64 Å². The number of halogens is 1. The summed E-state index contributed by atoms with van der Waals surface area (Å²) in [7, 11) is 0. The summed E-state index contributed by atoms with van der Waals surface area (Å²) >= 11 is 1.16. The second kappa shape index (κ2) is 6.39. The Bertz CT molecular complexity index is 596. The Labute approximate surface area is 127 Å². The second-order valence-corrected chi connectivity index (χ2v) is 6.01. The molecule has 4 nitrogen and oxygen atoms in total. The third kappa shape index (κ3) is 3.50. The van der Waals surface area contributed by atoms with E-state index < -0.39 is 0 Å². The molecule has 1 aliphatic heterocycles. The minimum Gasteiger partial charge on any atom is -0.470 e. The average Bonchev–Trinajstić information content (AvgIpc) is 2.94. The van der Waals surface area contributed by atoms with Crippen molar-refractivity contribution in [2.45, 2.75) is 26.4 Å². The first kappa shape index (κ1) is 14.3. The number of nitrogens with zero attached hydrogens (tertiary/aromatic N) is 3. The summed E-state index contributed by atoms with van der Waals surface area (Å²) in [6, 6.07) is 6.42. The van der Waals surface area contributed by atoms with Gasteiger partial charge in [-0.1, -0.05) is 19.1 Å². The highest BCUT2D eigenvalue weighted by molar-refractivity contribution is 6.99. The van der Waals surface area contributed by atoms with Gasteiger partial charge in [0.25, 0.3) is 5.88 Å². The van der Waals surface area contributed by atoms with Crippen LogP contribution in [0, 0.1) is 11.7 Å². The Balaban J connectivity index is 1.65. The number of benzene rings is 1. The standard InChI is InChI=1S/C15H18FN3OS/c1-11-5-7-19(8-6-11)14-15(18-21-17-14)20-10-12-3-2-4-13(16)9-12/h2-4,9,11H,5-8,10H2,1H3. The van der Waals surface area contributed by atoms with Crippen molar-refractivity contribution >= 4 is 17.5 Å². The van der Waals surface area contributed by atoms with E-state index in [1.807, 2.05) is 6.07 Å². The summed E-state index contributed by atoms with van der Waals surface area (Å²) in [6.07, 6.45) is 2.34. The van der Waals surface area contributed by atoms with Crippen LogP contribution >= 0.6 is 11.7 Å². The van der Waals surface area contributed by atoms with Gasteiger partial charge >= 0.3 is 0 Å². The molecule has 1 aromatic carbocycles. The molecule has 1 aromatic heterocycles. The van der Waals surface area contributed by atoms with Crippen LogP contribution in [0.3, 0.4) is 0 Å². The van der Waals surface area contributed by atoms with E-state index in [2.05, 4.69) is 20.6 Å². The lowest BCUT2D eigenvalue weighted by atomic mass is 9.99. The molecular formula is C15H18FN3OS. The number of aromatic nitrogens is 2. The monoisotopic (exact) mass is 307 g/mol. The number of hydrogen-bond donors (Lipinski definition) is 0. The van der Waals surface area contributed by atoms with Crippen molar-refractivity contribution < 1.29 is 9.13 Å². The number of ether oxygens (including phenoxy) is 1. The SMILES string of the molecule is CC1CCN(c2nsnc2OCc2cccc(F)c2)CC1. The smallest absolute Gasteiger partial charge is 0.271 e. The van der Waals surface area contributed by atoms with E-state index in [1.54, 1.807) is 6.07 Å². The van der Waals surface area contributed by atoms with Gasteiger partial charge in [-0.2, -0.15) is 4.37 Å². The lowest BCUT2D eigenvalue weighted by Crippen LogP contribution is -2.33. The molecule has 2 heterocycles. The molecule has 0 spiro atoms. The van der Waals surface area contributed by atoms with Crippen LogP contribution in [0.25, 0.3) is 0 Å². The van der Waals surface area contributed by atoms with E-state index in [1.165, 1.54) is 25.0 Å². The highest BCUT2D eigenvalue weighted by Crippen LogP contribution is 2.30. The lowest BCUT2D eigenvalue weighted by Gasteiger charge is -2.30. The minimum atomic E-state index is -0.252. The van der Waals surface area contributed by atoms with Crippen molar-refractivity contribution in [2.24, 2.45) is 5.92 Å². The maximum absolute atomic E-state index is 13.2. The van der Waals surface area contributed by atoms with E-state index in [0.29, 0.717) is 12.5 Å². The zero-order chi connectivity index (χ0) is 14.7. The number of piperidine rings is 1. The summed E-state index contributed by atoms with van der Waals surface area (Å²) in [5.41, 5.74) is 0.793. The Morgan fingerprint density at radius 2 is 2.14 bits per heavy atom. The first-order chi connectivity index (χ1) is 10.2. The molecule has 0 N–H and O–H groups in total. The topological polar surface area (TPSA) is 38.2 Å². The summed E-state index contributed by atoms with van der Waals surface area (Å²) < 4.78 is 27.4. The van der Waals surface area contributed by atoms with Gasteiger partial charge in [0.2, 0.25) is 5.82 Å². The number of anilines is 1. The molecule has 0 unspecified atom stereocenters. The fraction of sp³-hybridized carbons (Fsp3) is 0.467. The molecule has 0 amide bonds. The Kier molecular flexibility index (Phi) is 4.34. The maximum Gasteiger partial charge on any atom is 0.271 e. The van der Waals surface area contributed by atoms with Crippen molar-refractivity contribution in [3.63, 3.8) is 0 Å². The zero-order valence-electron chi connectivity index (χ0n) is 12.0. The van der Waals surface area contributed by atoms with Crippen LogP contribution in [0.2, 0.25) is 0 Å². The van der Waals surface area contributed by atoms with Crippen molar-refractivity contribution in [1.29, 1.82) is 0 Å². The van der Waals surface area contributed by atoms with Gasteiger partial charge in [0.1, 0.15) is 12.4 Å². The van der Waals surface area contributed by atoms with Crippen LogP contribution < -0.4 is 9.64 Å². The van der Waals surface area contributed by atoms with E-state index in [9.17, 15) is 4.39 Å². The number of rotatable bonds is 4. The van der Waals surface area contributed by atoms with Gasteiger partial charge in [-0.3, -0.25) is 0 Å². The van der Waals surface area contributed by atoms with Gasteiger partial charge in [0, 0.05) is 13.1 Å². The summed E-state index contributed by atoms with van der Waals surface area (Å²) in [4.78, 5) is 2.23. The molecular weight excluding hydrogens is 289 g/mol. The number of hydrogen-bond acceptors (Lipinski definition) is 5. The predicted octanol–water partition coefficient (Wildman–Crippen LogP) is 3.49. The van der Waals surface area contributed by atoms with Gasteiger partial charge in [-0.05, 0) is 36.5 Å². The largest absolute Gasteiger partial charge is 0.470 e. The van der Waals surface area contributed by atoms with E-state index in [0.717, 1.165) is 42.1 Å². The van der Waals surface area contributed by atoms with Crippen LogP contribution in [0.15, 0.2) is 24.3 Å². The van der Waals surface area contributed by atoms with E-state index >= 15 is 0 Å². The molecule has 0 radical (unpaired) electrons. The fourth-order valence-corrected chi connectivity index (χ4v) is 2.98. The van der Waals surface area contributed by atoms with Crippen LogP contribution in [0.1, 0.15) is 25.3 Å². The predicted molar refractivity (Wildman–Crippen MR) is 81.3 cm³/mol. The van der Waals surface area contributed by atoms with Crippen molar-refractivity contribution in [3.05, 3.63) is 35.6 Å². The molecule has 6 heteroatoms. The van der Waals surface area contributed by atoms with Crippen LogP contribution in [-0.4, -0.2) is 21.8 Å². The molecule has 0 saturated carbocycles. The Morgan fingerprint density at radius 3 is 2.90 bits per heavy atom. The third-order valence-electron chi connectivity index (χ3n) is 3.79. The molecule has 1 saturated heterocycles. The highest BCUT2D eigenvalue weighted by Gasteiger charge is 2.22. The minimum absolute atomic E-state index is 0.252. The van der Waals surface area contributed by atoms with Crippen LogP contribution in [-0.2, 0) is 6.61 Å². The van der Waals surface area contributed by atoms with Crippen LogP contribution in [0.4, 0.5) is 10.2 Å². The lowest BCUT2D eigenvalue weighted by molar-refractivity contribution is 0.295. The van der Waals surface area contributed by atoms with E-state index in [-0.39, 0.29) is 5.82 Å². The van der Waals surface area contributed by atoms with Crippen molar-refractivity contribution in [3.8, 4) is 5.88 Å². The molecule has 0 bridgehead atoms. The van der Waals surface area contributed by atoms with Gasteiger partial charge in [-0.25, -0.2) is 4.39 Å². The van der Waals surface area contributed by atoms with Gasteiger partial charge in [-0.15, -0.1) is 4.37 Å². The quantitative estimate of drug-likeness (QED) is 0.866. The van der Waals surface area contributed by atoms with Gasteiger partial charge in [0.05, 0.1) is 11.7 Å². The first-order valence-electron chi connectivity index (χ1n) is 7.17. The zero-order valence-corrected chi connectivity index (χ0v) is 12.8. The van der Waals surface area contributed by atoms with Crippen molar-refractivity contribution in [2.75, 3.05) is 18.0 Å². The molecule has 112 valence electrons. The average molecular weight is 307 g/mol. The fourth-order valence-electron chi connectivity index (χ4n) is 2.46. The molecule has 21 heavy (non-hydrogen) atoms. The summed E-state index contributed by atoms with van der Waals surface area (Å²) in [5.74, 6) is 1.89. The molecule has 1 aliphatic rings.